The number of rotatable bonds is 2. The van der Waals surface area contributed by atoms with Gasteiger partial charge in [0.2, 0.25) is 5.91 Å². The van der Waals surface area contributed by atoms with Gasteiger partial charge in [-0.05, 0) is 6.92 Å². The van der Waals surface area contributed by atoms with Crippen LogP contribution in [0.2, 0.25) is 0 Å². The molecule has 6 heteroatoms. The predicted molar refractivity (Wildman–Crippen MR) is 46.3 cm³/mol. The van der Waals surface area contributed by atoms with E-state index in [1.807, 2.05) is 0 Å². The van der Waals surface area contributed by atoms with Gasteiger partial charge in [-0.15, -0.1) is 0 Å². The number of hydrogen-bond acceptors (Lipinski definition) is 4. The average Bonchev–Trinajstić information content (AvgIpc) is 2.34. The fourth-order valence-corrected chi connectivity index (χ4v) is 1.18. The number of carbonyl (C=O) groups excluding carboxylic acids is 3. The first kappa shape index (κ1) is 10.5. The SMILES string of the molecule is CCOC(=O)NC1CC(=O)N(C)C1=O. The molecule has 78 valence electrons. The molecular formula is C8H12N2O4. The maximum Gasteiger partial charge on any atom is 0.407 e. The number of likely N-dealkylation sites (N-methyl/N-ethyl adjacent to an activating group) is 1. The van der Waals surface area contributed by atoms with Crippen LogP contribution in [0.1, 0.15) is 13.3 Å². The summed E-state index contributed by atoms with van der Waals surface area (Å²) in [5.41, 5.74) is 0. The highest BCUT2D eigenvalue weighted by molar-refractivity contribution is 6.06. The summed E-state index contributed by atoms with van der Waals surface area (Å²) in [6.45, 7) is 1.89. The topological polar surface area (TPSA) is 75.7 Å². The Morgan fingerprint density at radius 3 is 2.71 bits per heavy atom. The maximum atomic E-state index is 11.3. The highest BCUT2D eigenvalue weighted by Gasteiger charge is 2.37. The second-order valence-electron chi connectivity index (χ2n) is 2.91. The number of amides is 3. The summed E-state index contributed by atoms with van der Waals surface area (Å²) in [6, 6.07) is -0.772. The van der Waals surface area contributed by atoms with E-state index in [1.165, 1.54) is 7.05 Å². The Kier molecular flexibility index (Phi) is 3.06. The predicted octanol–water partition coefficient (Wildman–Crippen LogP) is -0.510. The molecule has 0 aromatic rings. The Morgan fingerprint density at radius 1 is 1.64 bits per heavy atom. The number of ether oxygens (including phenoxy) is 1. The third-order valence-corrected chi connectivity index (χ3v) is 1.95. The van der Waals surface area contributed by atoms with E-state index in [2.05, 4.69) is 10.1 Å². The lowest BCUT2D eigenvalue weighted by molar-refractivity contribution is -0.137. The zero-order chi connectivity index (χ0) is 10.7. The molecule has 3 amide bonds. The summed E-state index contributed by atoms with van der Waals surface area (Å²) in [4.78, 5) is 34.3. The highest BCUT2D eigenvalue weighted by atomic mass is 16.5. The normalized spacial score (nSPS) is 21.3. The van der Waals surface area contributed by atoms with Crippen molar-refractivity contribution in [2.24, 2.45) is 0 Å². The quantitative estimate of drug-likeness (QED) is 0.609. The molecule has 1 aliphatic rings. The number of nitrogens with zero attached hydrogens (tertiary/aromatic N) is 1. The van der Waals surface area contributed by atoms with Crippen LogP contribution in [0.25, 0.3) is 0 Å². The Morgan fingerprint density at radius 2 is 2.29 bits per heavy atom. The largest absolute Gasteiger partial charge is 0.450 e. The van der Waals surface area contributed by atoms with Crippen LogP contribution >= 0.6 is 0 Å². The second kappa shape index (κ2) is 4.08. The number of imide groups is 1. The zero-order valence-corrected chi connectivity index (χ0v) is 8.07. The molecule has 0 saturated carbocycles. The van der Waals surface area contributed by atoms with Gasteiger partial charge < -0.3 is 10.1 Å². The van der Waals surface area contributed by atoms with E-state index >= 15 is 0 Å². The molecule has 0 aromatic heterocycles. The van der Waals surface area contributed by atoms with Gasteiger partial charge in [-0.3, -0.25) is 14.5 Å². The first-order valence-electron chi connectivity index (χ1n) is 4.30. The third kappa shape index (κ3) is 2.01. The first-order valence-corrected chi connectivity index (χ1v) is 4.30. The molecule has 1 atom stereocenters. The number of nitrogens with one attached hydrogen (secondary N) is 1. The van der Waals surface area contributed by atoms with Crippen molar-refractivity contribution in [3.8, 4) is 0 Å². The van der Waals surface area contributed by atoms with E-state index in [0.717, 1.165) is 4.90 Å². The van der Waals surface area contributed by atoms with Crippen molar-refractivity contribution in [3.05, 3.63) is 0 Å². The molecule has 1 aliphatic heterocycles. The fourth-order valence-electron chi connectivity index (χ4n) is 1.18. The Hall–Kier alpha value is -1.59. The molecule has 0 bridgehead atoms. The molecule has 1 rings (SSSR count). The molecule has 1 unspecified atom stereocenters. The van der Waals surface area contributed by atoms with Crippen molar-refractivity contribution in [3.63, 3.8) is 0 Å². The lowest BCUT2D eigenvalue weighted by Crippen LogP contribution is -2.40. The van der Waals surface area contributed by atoms with Gasteiger partial charge in [0.1, 0.15) is 6.04 Å². The minimum Gasteiger partial charge on any atom is -0.450 e. The zero-order valence-electron chi connectivity index (χ0n) is 8.07. The van der Waals surface area contributed by atoms with Crippen molar-refractivity contribution in [1.82, 2.24) is 10.2 Å². The molecule has 0 radical (unpaired) electrons. The first-order chi connectivity index (χ1) is 6.56. The van der Waals surface area contributed by atoms with Gasteiger partial charge in [-0.2, -0.15) is 0 Å². The van der Waals surface area contributed by atoms with Crippen molar-refractivity contribution < 1.29 is 19.1 Å². The van der Waals surface area contributed by atoms with Crippen molar-refractivity contribution >= 4 is 17.9 Å². The molecule has 1 heterocycles. The average molecular weight is 200 g/mol. The minimum atomic E-state index is -0.772. The van der Waals surface area contributed by atoms with Crippen molar-refractivity contribution in [2.45, 2.75) is 19.4 Å². The van der Waals surface area contributed by atoms with Crippen LogP contribution in [0.5, 0.6) is 0 Å². The smallest absolute Gasteiger partial charge is 0.407 e. The van der Waals surface area contributed by atoms with Crippen LogP contribution in [-0.2, 0) is 14.3 Å². The summed E-state index contributed by atoms with van der Waals surface area (Å²) in [6.07, 6.45) is -0.664. The van der Waals surface area contributed by atoms with Crippen LogP contribution in [0, 0.1) is 0 Å². The molecule has 0 aromatic carbocycles. The highest BCUT2D eigenvalue weighted by Crippen LogP contribution is 2.10. The van der Waals surface area contributed by atoms with Gasteiger partial charge in [0.15, 0.2) is 0 Å². The van der Waals surface area contributed by atoms with Crippen LogP contribution in [0.4, 0.5) is 4.79 Å². The van der Waals surface area contributed by atoms with Gasteiger partial charge >= 0.3 is 6.09 Å². The Labute approximate surface area is 81.2 Å². The van der Waals surface area contributed by atoms with Gasteiger partial charge in [0.25, 0.3) is 5.91 Å². The standard InChI is InChI=1S/C8H12N2O4/c1-3-14-8(13)9-5-4-6(11)10(2)7(5)12/h5H,3-4H2,1-2H3,(H,9,13). The van der Waals surface area contributed by atoms with E-state index in [9.17, 15) is 14.4 Å². The van der Waals surface area contributed by atoms with Gasteiger partial charge in [0.05, 0.1) is 13.0 Å². The molecule has 1 fully saturated rings. The number of alkyl carbamates (subject to hydrolysis) is 1. The lowest BCUT2D eigenvalue weighted by Gasteiger charge is -2.10. The Balaban J connectivity index is 2.51. The summed E-state index contributed by atoms with van der Waals surface area (Å²) >= 11 is 0. The van der Waals surface area contributed by atoms with Crippen molar-refractivity contribution in [2.75, 3.05) is 13.7 Å². The number of carbonyl (C=O) groups is 3. The maximum absolute atomic E-state index is 11.3. The van der Waals surface area contributed by atoms with Crippen LogP contribution < -0.4 is 5.32 Å². The number of likely N-dealkylation sites (tertiary alicyclic amines) is 1. The summed E-state index contributed by atoms with van der Waals surface area (Å²) in [5.74, 6) is -0.695. The van der Waals surface area contributed by atoms with Gasteiger partial charge in [0, 0.05) is 7.05 Å². The molecule has 0 aliphatic carbocycles. The van der Waals surface area contributed by atoms with E-state index < -0.39 is 18.0 Å². The van der Waals surface area contributed by atoms with Crippen molar-refractivity contribution in [1.29, 1.82) is 0 Å². The number of hydrogen-bond donors (Lipinski definition) is 1. The summed E-state index contributed by atoms with van der Waals surface area (Å²) < 4.78 is 4.59. The van der Waals surface area contributed by atoms with Gasteiger partial charge in [-0.1, -0.05) is 0 Å². The summed E-state index contributed by atoms with van der Waals surface area (Å²) in [5, 5.41) is 2.32. The van der Waals surface area contributed by atoms with Crippen LogP contribution in [0.3, 0.4) is 0 Å². The third-order valence-electron chi connectivity index (χ3n) is 1.95. The lowest BCUT2D eigenvalue weighted by atomic mass is 10.2. The molecule has 0 spiro atoms. The van der Waals surface area contributed by atoms with E-state index in [4.69, 9.17) is 0 Å². The molecule has 14 heavy (non-hydrogen) atoms. The molecule has 1 saturated heterocycles. The van der Waals surface area contributed by atoms with Gasteiger partial charge in [-0.25, -0.2) is 4.79 Å². The molecule has 1 N–H and O–H groups in total. The minimum absolute atomic E-state index is 0.00808. The summed E-state index contributed by atoms with van der Waals surface area (Å²) in [7, 11) is 1.39. The second-order valence-corrected chi connectivity index (χ2v) is 2.91. The molecule has 6 nitrogen and oxygen atoms in total. The monoisotopic (exact) mass is 200 g/mol. The van der Waals surface area contributed by atoms with E-state index in [1.54, 1.807) is 6.92 Å². The fraction of sp³-hybridized carbons (Fsp3) is 0.625. The Bertz CT molecular complexity index is 277. The van der Waals surface area contributed by atoms with E-state index in [-0.39, 0.29) is 18.9 Å². The van der Waals surface area contributed by atoms with Crippen LogP contribution in [0.15, 0.2) is 0 Å². The van der Waals surface area contributed by atoms with E-state index in [0.29, 0.717) is 0 Å². The van der Waals surface area contributed by atoms with Crippen LogP contribution in [-0.4, -0.2) is 42.5 Å². The molecular weight excluding hydrogens is 188 g/mol.